The predicted octanol–water partition coefficient (Wildman–Crippen LogP) is 3.31. The molecule has 0 spiro atoms. The molecule has 4 aromatic rings. The van der Waals surface area contributed by atoms with Crippen molar-refractivity contribution in [1.29, 1.82) is 0 Å². The number of benzene rings is 2. The van der Waals surface area contributed by atoms with E-state index in [1.54, 1.807) is 20.3 Å². The highest BCUT2D eigenvalue weighted by molar-refractivity contribution is 5.90. The van der Waals surface area contributed by atoms with Crippen molar-refractivity contribution in [1.82, 2.24) is 14.7 Å². The lowest BCUT2D eigenvalue weighted by molar-refractivity contribution is 0.0322. The Morgan fingerprint density at radius 2 is 1.64 bits per heavy atom. The molecule has 0 atom stereocenters. The largest absolute Gasteiger partial charge is 0.464 e. The average Bonchev–Trinajstić information content (AvgIpc) is 2.90. The fourth-order valence-corrected chi connectivity index (χ4v) is 3.60. The number of fused-ring (bicyclic) bond motifs is 1. The van der Waals surface area contributed by atoms with Crippen LogP contribution in [-0.4, -0.2) is 42.5 Å². The van der Waals surface area contributed by atoms with Gasteiger partial charge in [0.1, 0.15) is 12.9 Å². The number of ether oxygens (including phenoxy) is 4. The number of rotatable bonds is 12. The first-order chi connectivity index (χ1) is 17.6. The van der Waals surface area contributed by atoms with Gasteiger partial charge in [-0.25, -0.2) is 9.97 Å². The first kappa shape index (κ1) is 25.0. The molecule has 0 radical (unpaired) electrons. The number of pyridine rings is 1. The van der Waals surface area contributed by atoms with E-state index in [1.807, 2.05) is 49.4 Å². The zero-order valence-electron chi connectivity index (χ0n) is 20.4. The lowest BCUT2D eigenvalue weighted by atomic mass is 10.1. The summed E-state index contributed by atoms with van der Waals surface area (Å²) in [6.45, 7) is 2.66. The SMILES string of the molecule is COCOc1ccc(CNc2cc(=O)n(OCc3ccccc3)c3ncnc(C)c23)cc1OCOC. The van der Waals surface area contributed by atoms with Gasteiger partial charge in [0.05, 0.1) is 16.8 Å². The van der Waals surface area contributed by atoms with Crippen molar-refractivity contribution in [3.8, 4) is 11.5 Å². The highest BCUT2D eigenvalue weighted by atomic mass is 16.7. The maximum atomic E-state index is 13.0. The maximum Gasteiger partial charge on any atom is 0.287 e. The molecule has 2 heterocycles. The first-order valence-corrected chi connectivity index (χ1v) is 11.3. The third-order valence-corrected chi connectivity index (χ3v) is 5.31. The predicted molar refractivity (Wildman–Crippen MR) is 134 cm³/mol. The molecule has 0 saturated heterocycles. The van der Waals surface area contributed by atoms with Gasteiger partial charge in [-0.1, -0.05) is 36.4 Å². The molecule has 10 nitrogen and oxygen atoms in total. The molecule has 0 aliphatic carbocycles. The Labute approximate surface area is 208 Å². The van der Waals surface area contributed by atoms with Crippen LogP contribution in [0.3, 0.4) is 0 Å². The van der Waals surface area contributed by atoms with E-state index in [-0.39, 0.29) is 25.8 Å². The second kappa shape index (κ2) is 12.0. The molecule has 0 bridgehead atoms. The number of hydrogen-bond donors (Lipinski definition) is 1. The van der Waals surface area contributed by atoms with Crippen molar-refractivity contribution in [3.63, 3.8) is 0 Å². The van der Waals surface area contributed by atoms with Crippen molar-refractivity contribution in [2.75, 3.05) is 33.1 Å². The lowest BCUT2D eigenvalue weighted by Crippen LogP contribution is -2.28. The van der Waals surface area contributed by atoms with Crippen molar-refractivity contribution in [2.24, 2.45) is 0 Å². The minimum Gasteiger partial charge on any atom is -0.464 e. The fraction of sp³-hybridized carbons (Fsp3) is 0.269. The fourth-order valence-electron chi connectivity index (χ4n) is 3.60. The molecule has 2 aromatic heterocycles. The highest BCUT2D eigenvalue weighted by Crippen LogP contribution is 2.29. The van der Waals surface area contributed by atoms with Gasteiger partial charge < -0.3 is 29.1 Å². The van der Waals surface area contributed by atoms with Crippen LogP contribution in [0, 0.1) is 6.92 Å². The van der Waals surface area contributed by atoms with E-state index < -0.39 is 0 Å². The van der Waals surface area contributed by atoms with Crippen LogP contribution in [0.2, 0.25) is 0 Å². The summed E-state index contributed by atoms with van der Waals surface area (Å²) in [5.41, 5.74) is 3.21. The van der Waals surface area contributed by atoms with E-state index in [4.69, 9.17) is 23.8 Å². The Morgan fingerprint density at radius 3 is 2.39 bits per heavy atom. The van der Waals surface area contributed by atoms with Crippen LogP contribution in [0.1, 0.15) is 16.8 Å². The smallest absolute Gasteiger partial charge is 0.287 e. The molecule has 0 saturated carbocycles. The van der Waals surface area contributed by atoms with Crippen molar-refractivity contribution < 1.29 is 23.8 Å². The summed E-state index contributed by atoms with van der Waals surface area (Å²) in [7, 11) is 3.09. The second-order valence-corrected chi connectivity index (χ2v) is 7.84. The molecular weight excluding hydrogens is 464 g/mol. The van der Waals surface area contributed by atoms with Crippen molar-refractivity contribution >= 4 is 16.7 Å². The number of hydrogen-bond acceptors (Lipinski definition) is 9. The van der Waals surface area contributed by atoms with Crippen LogP contribution in [0.15, 0.2) is 65.7 Å². The van der Waals surface area contributed by atoms with E-state index in [1.165, 1.54) is 17.1 Å². The maximum absolute atomic E-state index is 13.0. The lowest BCUT2D eigenvalue weighted by Gasteiger charge is -2.16. The molecular formula is C26H28N4O6. The Bertz CT molecular complexity index is 1360. The normalized spacial score (nSPS) is 10.9. The average molecular weight is 493 g/mol. The molecule has 36 heavy (non-hydrogen) atoms. The summed E-state index contributed by atoms with van der Waals surface area (Å²) in [5, 5.41) is 4.03. The Balaban J connectivity index is 1.59. The van der Waals surface area contributed by atoms with Gasteiger partial charge >= 0.3 is 0 Å². The van der Waals surface area contributed by atoms with E-state index in [0.717, 1.165) is 11.1 Å². The second-order valence-electron chi connectivity index (χ2n) is 7.84. The van der Waals surface area contributed by atoms with Crippen LogP contribution in [0.5, 0.6) is 11.5 Å². The van der Waals surface area contributed by atoms with E-state index >= 15 is 0 Å². The Kier molecular flexibility index (Phi) is 8.32. The Morgan fingerprint density at radius 1 is 0.889 bits per heavy atom. The molecule has 0 aliphatic heterocycles. The quantitative estimate of drug-likeness (QED) is 0.298. The molecule has 1 N–H and O–H groups in total. The minimum atomic E-state index is -0.341. The van der Waals surface area contributed by atoms with Crippen LogP contribution in [0.25, 0.3) is 11.0 Å². The van der Waals surface area contributed by atoms with Gasteiger partial charge in [0.25, 0.3) is 5.56 Å². The third kappa shape index (κ3) is 5.91. The van der Waals surface area contributed by atoms with Crippen LogP contribution >= 0.6 is 0 Å². The molecule has 188 valence electrons. The first-order valence-electron chi connectivity index (χ1n) is 11.3. The molecule has 0 amide bonds. The van der Waals surface area contributed by atoms with Crippen LogP contribution < -0.4 is 25.2 Å². The van der Waals surface area contributed by atoms with Gasteiger partial charge in [-0.2, -0.15) is 0 Å². The number of aromatic nitrogens is 3. The Hall–Kier alpha value is -4.15. The highest BCUT2D eigenvalue weighted by Gasteiger charge is 2.15. The van der Waals surface area contributed by atoms with Gasteiger partial charge in [-0.3, -0.25) is 4.79 Å². The zero-order chi connectivity index (χ0) is 25.3. The van der Waals surface area contributed by atoms with E-state index in [9.17, 15) is 4.79 Å². The number of anilines is 1. The van der Waals surface area contributed by atoms with Gasteiger partial charge in [0, 0.05) is 26.8 Å². The summed E-state index contributed by atoms with van der Waals surface area (Å²) < 4.78 is 22.4. The van der Waals surface area contributed by atoms with Gasteiger partial charge in [0.15, 0.2) is 30.7 Å². The van der Waals surface area contributed by atoms with Crippen molar-refractivity contribution in [3.05, 3.63) is 88.1 Å². The van der Waals surface area contributed by atoms with E-state index in [2.05, 4.69) is 15.3 Å². The molecule has 0 unspecified atom stereocenters. The van der Waals surface area contributed by atoms with Gasteiger partial charge in [0.2, 0.25) is 0 Å². The van der Waals surface area contributed by atoms with E-state index in [0.29, 0.717) is 40.5 Å². The van der Waals surface area contributed by atoms with Gasteiger partial charge in [-0.15, -0.1) is 4.73 Å². The molecule has 4 rings (SSSR count). The molecule has 10 heteroatoms. The molecule has 0 aliphatic rings. The molecule has 2 aromatic carbocycles. The summed E-state index contributed by atoms with van der Waals surface area (Å²) in [6.07, 6.45) is 1.42. The van der Waals surface area contributed by atoms with Gasteiger partial charge in [-0.05, 0) is 30.2 Å². The monoisotopic (exact) mass is 492 g/mol. The minimum absolute atomic E-state index is 0.0720. The van der Waals surface area contributed by atoms with Crippen LogP contribution in [0.4, 0.5) is 5.69 Å². The third-order valence-electron chi connectivity index (χ3n) is 5.31. The summed E-state index contributed by atoms with van der Waals surface area (Å²) >= 11 is 0. The van der Waals surface area contributed by atoms with Crippen LogP contribution in [-0.2, 0) is 22.6 Å². The number of nitrogens with one attached hydrogen (secondary N) is 1. The summed E-state index contributed by atoms with van der Waals surface area (Å²) in [4.78, 5) is 27.5. The zero-order valence-corrected chi connectivity index (χ0v) is 20.4. The number of nitrogens with zero attached hydrogens (tertiary/aromatic N) is 3. The van der Waals surface area contributed by atoms with Crippen molar-refractivity contribution in [2.45, 2.75) is 20.1 Å². The molecule has 0 fully saturated rings. The summed E-state index contributed by atoms with van der Waals surface area (Å²) in [5.74, 6) is 1.05. The number of aryl methyl sites for hydroxylation is 1. The number of methoxy groups -OCH3 is 2. The standard InChI is InChI=1S/C26H28N4O6/c1-18-25-21(27-13-20-9-10-22(34-16-32-2)23(11-20)35-17-33-3)12-24(31)30(26(25)29-15-28-18)36-14-19-7-5-4-6-8-19/h4-12,15,27H,13-14,16-17H2,1-3H3. The summed E-state index contributed by atoms with van der Waals surface area (Å²) in [6, 6.07) is 16.6. The topological polar surface area (TPSA) is 106 Å².